The molecule has 98 valence electrons. The van der Waals surface area contributed by atoms with E-state index < -0.39 is 0 Å². The van der Waals surface area contributed by atoms with Crippen molar-refractivity contribution in [1.82, 2.24) is 9.97 Å². The molecule has 20 heavy (non-hydrogen) atoms. The van der Waals surface area contributed by atoms with Crippen LogP contribution in [0.5, 0.6) is 0 Å². The van der Waals surface area contributed by atoms with Crippen molar-refractivity contribution in [3.63, 3.8) is 0 Å². The van der Waals surface area contributed by atoms with Crippen LogP contribution in [-0.4, -0.2) is 16.3 Å². The summed E-state index contributed by atoms with van der Waals surface area (Å²) in [6, 6.07) is 15.6. The van der Waals surface area contributed by atoms with Gasteiger partial charge in [0.05, 0.1) is 5.52 Å². The average Bonchev–Trinajstić information content (AvgIpc) is 2.50. The van der Waals surface area contributed by atoms with E-state index in [2.05, 4.69) is 15.3 Å². The predicted octanol–water partition coefficient (Wildman–Crippen LogP) is 3.11. The van der Waals surface area contributed by atoms with Crippen LogP contribution in [0, 0.1) is 0 Å². The van der Waals surface area contributed by atoms with E-state index in [1.807, 2.05) is 48.5 Å². The van der Waals surface area contributed by atoms with Gasteiger partial charge in [-0.05, 0) is 29.8 Å². The number of benzene rings is 2. The fraction of sp³-hybridized carbons (Fsp3) is 0.0625. The third-order valence-electron chi connectivity index (χ3n) is 3.08. The normalized spacial score (nSPS) is 10.4. The van der Waals surface area contributed by atoms with Crippen molar-refractivity contribution in [1.29, 1.82) is 0 Å². The first-order valence-corrected chi connectivity index (χ1v) is 6.36. The predicted molar refractivity (Wildman–Crippen MR) is 79.0 cm³/mol. The first-order chi connectivity index (χ1) is 9.86. The average molecular weight is 263 g/mol. The van der Waals surface area contributed by atoms with Crippen LogP contribution in [0.3, 0.4) is 0 Å². The Labute approximate surface area is 116 Å². The maximum Gasteiger partial charge on any atom is 0.141 e. The molecule has 1 heterocycles. The second-order valence-electron chi connectivity index (χ2n) is 4.43. The molecule has 3 aromatic rings. The summed E-state index contributed by atoms with van der Waals surface area (Å²) in [5.74, 6) is 0.777. The smallest absolute Gasteiger partial charge is 0.141 e. The Hall–Kier alpha value is -2.75. The van der Waals surface area contributed by atoms with Gasteiger partial charge in [0.2, 0.25) is 0 Å². The van der Waals surface area contributed by atoms with Gasteiger partial charge in [0.25, 0.3) is 0 Å². The largest absolute Gasteiger partial charge is 0.340 e. The zero-order chi connectivity index (χ0) is 13.8. The summed E-state index contributed by atoms with van der Waals surface area (Å²) in [6.07, 6.45) is 2.89. The second-order valence-corrected chi connectivity index (χ2v) is 4.43. The standard InChI is InChI=1S/C16H13N3O/c20-10-9-12-5-7-13(8-6-12)19-16-14-3-1-2-4-15(14)17-11-18-16/h1-8,10-11H,9H2,(H,17,18,19). The molecule has 0 aliphatic rings. The Kier molecular flexibility index (Phi) is 3.37. The van der Waals surface area contributed by atoms with Crippen LogP contribution in [0.4, 0.5) is 11.5 Å². The molecule has 0 aliphatic heterocycles. The van der Waals surface area contributed by atoms with Crippen molar-refractivity contribution in [2.75, 3.05) is 5.32 Å². The molecule has 0 atom stereocenters. The van der Waals surface area contributed by atoms with Gasteiger partial charge >= 0.3 is 0 Å². The number of carbonyl (C=O) groups excluding carboxylic acids is 1. The van der Waals surface area contributed by atoms with Crippen molar-refractivity contribution < 1.29 is 4.79 Å². The van der Waals surface area contributed by atoms with Crippen molar-refractivity contribution in [3.05, 3.63) is 60.4 Å². The van der Waals surface area contributed by atoms with E-state index in [4.69, 9.17) is 0 Å². The highest BCUT2D eigenvalue weighted by Crippen LogP contribution is 2.22. The number of anilines is 2. The molecule has 0 radical (unpaired) electrons. The molecule has 4 nitrogen and oxygen atoms in total. The van der Waals surface area contributed by atoms with Crippen LogP contribution in [0.2, 0.25) is 0 Å². The molecule has 0 bridgehead atoms. The SMILES string of the molecule is O=CCc1ccc(Nc2ncnc3ccccc23)cc1. The van der Waals surface area contributed by atoms with E-state index >= 15 is 0 Å². The first kappa shape index (κ1) is 12.3. The fourth-order valence-electron chi connectivity index (χ4n) is 2.06. The van der Waals surface area contributed by atoms with Crippen LogP contribution >= 0.6 is 0 Å². The van der Waals surface area contributed by atoms with E-state index in [9.17, 15) is 4.79 Å². The minimum absolute atomic E-state index is 0.441. The van der Waals surface area contributed by atoms with Crippen LogP contribution in [0.25, 0.3) is 10.9 Å². The molecule has 4 heteroatoms. The molecule has 0 aliphatic carbocycles. The van der Waals surface area contributed by atoms with Gasteiger partial charge in [-0.15, -0.1) is 0 Å². The van der Waals surface area contributed by atoms with Gasteiger partial charge in [-0.1, -0.05) is 24.3 Å². The highest BCUT2D eigenvalue weighted by atomic mass is 16.1. The molecule has 0 saturated heterocycles. The van der Waals surface area contributed by atoms with Crippen LogP contribution < -0.4 is 5.32 Å². The van der Waals surface area contributed by atoms with Crippen molar-refractivity contribution >= 4 is 28.7 Å². The molecular formula is C16H13N3O. The Balaban J connectivity index is 1.91. The number of hydrogen-bond acceptors (Lipinski definition) is 4. The summed E-state index contributed by atoms with van der Waals surface area (Å²) in [4.78, 5) is 19.0. The van der Waals surface area contributed by atoms with Crippen molar-refractivity contribution in [2.24, 2.45) is 0 Å². The third-order valence-corrected chi connectivity index (χ3v) is 3.08. The molecule has 2 aromatic carbocycles. The van der Waals surface area contributed by atoms with Crippen LogP contribution in [0.1, 0.15) is 5.56 Å². The van der Waals surface area contributed by atoms with Gasteiger partial charge in [-0.2, -0.15) is 0 Å². The first-order valence-electron chi connectivity index (χ1n) is 6.36. The summed E-state index contributed by atoms with van der Waals surface area (Å²) in [5, 5.41) is 4.26. The number of fused-ring (bicyclic) bond motifs is 1. The number of rotatable bonds is 4. The van der Waals surface area contributed by atoms with Gasteiger partial charge in [-0.25, -0.2) is 9.97 Å². The summed E-state index contributed by atoms with van der Waals surface area (Å²) in [7, 11) is 0. The quantitative estimate of drug-likeness (QED) is 0.735. The van der Waals surface area contributed by atoms with E-state index in [-0.39, 0.29) is 0 Å². The second kappa shape index (κ2) is 5.48. The fourth-order valence-corrected chi connectivity index (χ4v) is 2.06. The molecule has 3 rings (SSSR count). The van der Waals surface area contributed by atoms with Gasteiger partial charge in [-0.3, -0.25) is 0 Å². The Morgan fingerprint density at radius 3 is 2.60 bits per heavy atom. The number of nitrogens with one attached hydrogen (secondary N) is 1. The molecule has 0 amide bonds. The van der Waals surface area contributed by atoms with Crippen LogP contribution in [0.15, 0.2) is 54.9 Å². The number of hydrogen-bond donors (Lipinski definition) is 1. The number of carbonyl (C=O) groups is 1. The van der Waals surface area contributed by atoms with Gasteiger partial charge in [0.1, 0.15) is 18.4 Å². The van der Waals surface area contributed by atoms with E-state index in [0.717, 1.165) is 34.3 Å². The molecule has 1 N–H and O–H groups in total. The summed E-state index contributed by atoms with van der Waals surface area (Å²) in [5.41, 5.74) is 2.84. The molecule has 0 unspecified atom stereocenters. The number of aromatic nitrogens is 2. The van der Waals surface area contributed by atoms with Gasteiger partial charge in [0.15, 0.2) is 0 Å². The minimum atomic E-state index is 0.441. The van der Waals surface area contributed by atoms with E-state index in [1.54, 1.807) is 6.33 Å². The van der Waals surface area contributed by atoms with E-state index in [1.165, 1.54) is 0 Å². The van der Waals surface area contributed by atoms with E-state index in [0.29, 0.717) is 6.42 Å². The van der Waals surface area contributed by atoms with Gasteiger partial charge in [0, 0.05) is 17.5 Å². The van der Waals surface area contributed by atoms with Crippen LogP contribution in [-0.2, 0) is 11.2 Å². The molecule has 1 aromatic heterocycles. The zero-order valence-electron chi connectivity index (χ0n) is 10.8. The summed E-state index contributed by atoms with van der Waals surface area (Å²) < 4.78 is 0. The monoisotopic (exact) mass is 263 g/mol. The lowest BCUT2D eigenvalue weighted by molar-refractivity contribution is -0.107. The lowest BCUT2D eigenvalue weighted by atomic mass is 10.1. The number of aldehydes is 1. The van der Waals surface area contributed by atoms with Gasteiger partial charge < -0.3 is 10.1 Å². The topological polar surface area (TPSA) is 54.9 Å². The molecule has 0 fully saturated rings. The molecule has 0 saturated carbocycles. The third kappa shape index (κ3) is 2.49. The number of nitrogens with zero attached hydrogens (tertiary/aromatic N) is 2. The Morgan fingerprint density at radius 1 is 1.00 bits per heavy atom. The van der Waals surface area contributed by atoms with Crippen molar-refractivity contribution in [3.8, 4) is 0 Å². The molecular weight excluding hydrogens is 250 g/mol. The Morgan fingerprint density at radius 2 is 1.80 bits per heavy atom. The summed E-state index contributed by atoms with van der Waals surface area (Å²) in [6.45, 7) is 0. The highest BCUT2D eigenvalue weighted by Gasteiger charge is 2.03. The minimum Gasteiger partial charge on any atom is -0.340 e. The lowest BCUT2D eigenvalue weighted by Crippen LogP contribution is -1.96. The molecule has 0 spiro atoms. The highest BCUT2D eigenvalue weighted by molar-refractivity contribution is 5.90. The number of para-hydroxylation sites is 1. The maximum atomic E-state index is 10.5. The van der Waals surface area contributed by atoms with Crippen molar-refractivity contribution in [2.45, 2.75) is 6.42 Å². The lowest BCUT2D eigenvalue weighted by Gasteiger charge is -2.08. The zero-order valence-corrected chi connectivity index (χ0v) is 10.8. The maximum absolute atomic E-state index is 10.5. The summed E-state index contributed by atoms with van der Waals surface area (Å²) >= 11 is 0. The Bertz CT molecular complexity index is 733.